The molecule has 176 valence electrons. The van der Waals surface area contributed by atoms with Crippen LogP contribution >= 0.6 is 0 Å². The third kappa shape index (κ3) is 4.63. The lowest BCUT2D eigenvalue weighted by Crippen LogP contribution is -2.69. The standard InChI is InChI=1S/C19H13F6N3O5/c1-32-12-6-2-10(3-7-12)14(29)26-17(18(20,21)22)15(30)28(16(31)27-17)11-4-8-13(9-5-11)33-19(23,24)25/h2-9H,1H3,(H,26,29)(H,27,31). The van der Waals surface area contributed by atoms with Gasteiger partial charge in [0.15, 0.2) is 0 Å². The molecule has 1 heterocycles. The van der Waals surface area contributed by atoms with Crippen molar-refractivity contribution in [1.82, 2.24) is 10.6 Å². The molecular weight excluding hydrogens is 464 g/mol. The number of imide groups is 1. The van der Waals surface area contributed by atoms with Crippen molar-refractivity contribution >= 4 is 23.5 Å². The highest BCUT2D eigenvalue weighted by atomic mass is 19.4. The van der Waals surface area contributed by atoms with Gasteiger partial charge in [0.25, 0.3) is 17.5 Å². The average Bonchev–Trinajstić information content (AvgIpc) is 2.98. The molecule has 2 aromatic carbocycles. The molecule has 0 spiro atoms. The first kappa shape index (κ1) is 23.7. The normalized spacial score (nSPS) is 18.7. The number of carbonyl (C=O) groups excluding carboxylic acids is 3. The van der Waals surface area contributed by atoms with Gasteiger partial charge in [-0.05, 0) is 48.5 Å². The second-order valence-corrected chi connectivity index (χ2v) is 6.54. The van der Waals surface area contributed by atoms with Crippen LogP contribution in [0.3, 0.4) is 0 Å². The number of hydrogen-bond acceptors (Lipinski definition) is 5. The Morgan fingerprint density at radius 2 is 1.48 bits per heavy atom. The van der Waals surface area contributed by atoms with Crippen molar-refractivity contribution in [3.05, 3.63) is 54.1 Å². The Labute approximate surface area is 181 Å². The van der Waals surface area contributed by atoms with Gasteiger partial charge in [-0.2, -0.15) is 13.2 Å². The molecule has 4 amide bonds. The predicted octanol–water partition coefficient (Wildman–Crippen LogP) is 3.34. The summed E-state index contributed by atoms with van der Waals surface area (Å²) < 4.78 is 87.2. The van der Waals surface area contributed by atoms with Gasteiger partial charge in [-0.25, -0.2) is 9.69 Å². The molecule has 2 N–H and O–H groups in total. The molecule has 14 heteroatoms. The first-order valence-electron chi connectivity index (χ1n) is 8.83. The fourth-order valence-corrected chi connectivity index (χ4v) is 2.89. The van der Waals surface area contributed by atoms with E-state index in [4.69, 9.17) is 4.74 Å². The first-order valence-corrected chi connectivity index (χ1v) is 8.83. The number of methoxy groups -OCH3 is 1. The van der Waals surface area contributed by atoms with Gasteiger partial charge in [0.05, 0.1) is 12.8 Å². The van der Waals surface area contributed by atoms with Gasteiger partial charge >= 0.3 is 18.6 Å². The average molecular weight is 477 g/mol. The SMILES string of the molecule is COc1ccc(C(=O)NC2(C(F)(F)F)NC(=O)N(c3ccc(OC(F)(F)F)cc3)C2=O)cc1. The zero-order chi connectivity index (χ0) is 24.6. The molecule has 2 aromatic rings. The molecule has 1 saturated heterocycles. The molecule has 1 aliphatic rings. The highest BCUT2D eigenvalue weighted by Gasteiger charge is 2.69. The summed E-state index contributed by atoms with van der Waals surface area (Å²) in [6.07, 6.45) is -10.5. The van der Waals surface area contributed by atoms with Crippen LogP contribution in [0.15, 0.2) is 48.5 Å². The minimum atomic E-state index is -5.48. The van der Waals surface area contributed by atoms with Crippen LogP contribution in [0, 0.1) is 0 Å². The minimum absolute atomic E-state index is 0.0408. The topological polar surface area (TPSA) is 97.0 Å². The number of urea groups is 1. The second kappa shape index (κ2) is 8.18. The van der Waals surface area contributed by atoms with Gasteiger partial charge in [-0.3, -0.25) is 14.9 Å². The molecule has 8 nitrogen and oxygen atoms in total. The Morgan fingerprint density at radius 1 is 0.939 bits per heavy atom. The smallest absolute Gasteiger partial charge is 0.497 e. The van der Waals surface area contributed by atoms with E-state index in [2.05, 4.69) is 4.74 Å². The Morgan fingerprint density at radius 3 is 1.97 bits per heavy atom. The summed E-state index contributed by atoms with van der Waals surface area (Å²) in [5.41, 5.74) is -4.58. The van der Waals surface area contributed by atoms with E-state index < -0.39 is 47.5 Å². The summed E-state index contributed by atoms with van der Waals surface area (Å²) in [6, 6.07) is 6.25. The number of carbonyl (C=O) groups is 3. The Kier molecular flexibility index (Phi) is 5.87. The molecular formula is C19H13F6N3O5. The summed E-state index contributed by atoms with van der Waals surface area (Å²) >= 11 is 0. The minimum Gasteiger partial charge on any atom is -0.497 e. The van der Waals surface area contributed by atoms with Gasteiger partial charge < -0.3 is 14.8 Å². The number of anilines is 1. The summed E-state index contributed by atoms with van der Waals surface area (Å²) in [6.45, 7) is 0. The number of benzene rings is 2. The molecule has 33 heavy (non-hydrogen) atoms. The predicted molar refractivity (Wildman–Crippen MR) is 98.4 cm³/mol. The number of ether oxygens (including phenoxy) is 2. The van der Waals surface area contributed by atoms with Crippen molar-refractivity contribution in [2.75, 3.05) is 12.0 Å². The van der Waals surface area contributed by atoms with Gasteiger partial charge in [0, 0.05) is 5.56 Å². The fraction of sp³-hybridized carbons (Fsp3) is 0.211. The number of rotatable bonds is 5. The third-order valence-electron chi connectivity index (χ3n) is 4.43. The summed E-state index contributed by atoms with van der Waals surface area (Å²) in [5.74, 6) is -3.66. The van der Waals surface area contributed by atoms with E-state index in [1.54, 1.807) is 0 Å². The van der Waals surface area contributed by atoms with E-state index in [9.17, 15) is 40.7 Å². The van der Waals surface area contributed by atoms with E-state index in [1.807, 2.05) is 0 Å². The molecule has 3 rings (SSSR count). The zero-order valence-electron chi connectivity index (χ0n) is 16.4. The summed E-state index contributed by atoms with van der Waals surface area (Å²) in [7, 11) is 1.33. The maximum absolute atomic E-state index is 13.9. The zero-order valence-corrected chi connectivity index (χ0v) is 16.4. The first-order chi connectivity index (χ1) is 15.3. The van der Waals surface area contributed by atoms with Gasteiger partial charge in [-0.15, -0.1) is 13.2 Å². The lowest BCUT2D eigenvalue weighted by Gasteiger charge is -2.29. The van der Waals surface area contributed by atoms with Crippen molar-refractivity contribution in [3.63, 3.8) is 0 Å². The van der Waals surface area contributed by atoms with E-state index in [0.29, 0.717) is 17.9 Å². The number of amides is 4. The number of nitrogens with one attached hydrogen (secondary N) is 2. The van der Waals surface area contributed by atoms with Crippen molar-refractivity contribution in [2.24, 2.45) is 0 Å². The van der Waals surface area contributed by atoms with Crippen LogP contribution in [0.5, 0.6) is 11.5 Å². The number of halogens is 6. The van der Waals surface area contributed by atoms with E-state index in [-0.39, 0.29) is 10.5 Å². The van der Waals surface area contributed by atoms with Crippen molar-refractivity contribution < 1.29 is 50.2 Å². The number of hydrogen-bond donors (Lipinski definition) is 2. The number of nitrogens with zero attached hydrogens (tertiary/aromatic N) is 1. The molecule has 1 fully saturated rings. The fourth-order valence-electron chi connectivity index (χ4n) is 2.89. The van der Waals surface area contributed by atoms with E-state index in [1.165, 1.54) is 29.9 Å². The molecule has 1 aliphatic heterocycles. The van der Waals surface area contributed by atoms with Crippen LogP contribution in [0.25, 0.3) is 0 Å². The third-order valence-corrected chi connectivity index (χ3v) is 4.43. The summed E-state index contributed by atoms with van der Waals surface area (Å²) in [4.78, 5) is 37.5. The van der Waals surface area contributed by atoms with Crippen LogP contribution in [0.1, 0.15) is 10.4 Å². The lowest BCUT2D eigenvalue weighted by atomic mass is 10.1. The Bertz CT molecular complexity index is 1070. The van der Waals surface area contributed by atoms with Crippen molar-refractivity contribution in [1.29, 1.82) is 0 Å². The monoisotopic (exact) mass is 477 g/mol. The van der Waals surface area contributed by atoms with Crippen LogP contribution in [0.2, 0.25) is 0 Å². The molecule has 0 aliphatic carbocycles. The number of alkyl halides is 6. The lowest BCUT2D eigenvalue weighted by molar-refractivity contribution is -0.274. The maximum Gasteiger partial charge on any atom is 0.573 e. The second-order valence-electron chi connectivity index (χ2n) is 6.54. The van der Waals surface area contributed by atoms with Crippen LogP contribution in [0.4, 0.5) is 36.8 Å². The molecule has 1 atom stereocenters. The van der Waals surface area contributed by atoms with E-state index in [0.717, 1.165) is 24.3 Å². The molecule has 0 bridgehead atoms. The quantitative estimate of drug-likeness (QED) is 0.509. The van der Waals surface area contributed by atoms with Crippen LogP contribution < -0.4 is 25.0 Å². The maximum atomic E-state index is 13.9. The van der Waals surface area contributed by atoms with Gasteiger partial charge in [-0.1, -0.05) is 0 Å². The van der Waals surface area contributed by atoms with Crippen LogP contribution in [-0.4, -0.2) is 43.2 Å². The van der Waals surface area contributed by atoms with Crippen molar-refractivity contribution in [3.8, 4) is 11.5 Å². The molecule has 0 saturated carbocycles. The Balaban J connectivity index is 1.91. The molecule has 1 unspecified atom stereocenters. The highest BCUT2D eigenvalue weighted by Crippen LogP contribution is 2.36. The Hall–Kier alpha value is -3.97. The molecule has 0 aromatic heterocycles. The van der Waals surface area contributed by atoms with Crippen molar-refractivity contribution in [2.45, 2.75) is 18.2 Å². The van der Waals surface area contributed by atoms with Crippen LogP contribution in [-0.2, 0) is 4.79 Å². The summed E-state index contributed by atoms with van der Waals surface area (Å²) in [5, 5.41) is 2.93. The van der Waals surface area contributed by atoms with E-state index >= 15 is 0 Å². The highest BCUT2D eigenvalue weighted by molar-refractivity contribution is 6.24. The largest absolute Gasteiger partial charge is 0.573 e. The van der Waals surface area contributed by atoms with Gasteiger partial charge in [0.1, 0.15) is 11.5 Å². The van der Waals surface area contributed by atoms with Gasteiger partial charge in [0.2, 0.25) is 0 Å². The molecule has 0 radical (unpaired) electrons.